The molecule has 0 saturated heterocycles. The molecule has 0 aliphatic heterocycles. The van der Waals surface area contributed by atoms with E-state index in [1.165, 1.54) is 11.1 Å². The standard InChI is InChI=1S/C20H24ClNO2/c1-5-18(16-9-7-13(3)11-14(16)4)22-20(23)15-8-10-19(24-6-2)17(21)12-15/h7-12,18H,5-6H2,1-4H3,(H,22,23)/t18-/m1/s1. The first kappa shape index (κ1) is 18.3. The number of carbonyl (C=O) groups excluding carboxylic acids is 1. The van der Waals surface area contributed by atoms with Crippen LogP contribution in [0.2, 0.25) is 5.02 Å². The second kappa shape index (κ2) is 8.20. The Labute approximate surface area is 149 Å². The molecule has 0 radical (unpaired) electrons. The third kappa shape index (κ3) is 4.30. The SMILES string of the molecule is CCOc1ccc(C(=O)N[C@H](CC)c2ccc(C)cc2C)cc1Cl. The lowest BCUT2D eigenvalue weighted by Gasteiger charge is -2.20. The number of rotatable bonds is 6. The van der Waals surface area contributed by atoms with Crippen molar-refractivity contribution in [2.24, 2.45) is 0 Å². The molecule has 0 bridgehead atoms. The topological polar surface area (TPSA) is 38.3 Å². The third-order valence-electron chi connectivity index (χ3n) is 4.01. The van der Waals surface area contributed by atoms with Crippen LogP contribution < -0.4 is 10.1 Å². The summed E-state index contributed by atoms with van der Waals surface area (Å²) in [5.74, 6) is 0.462. The van der Waals surface area contributed by atoms with Gasteiger partial charge < -0.3 is 10.1 Å². The van der Waals surface area contributed by atoms with Crippen molar-refractivity contribution in [3.05, 3.63) is 63.7 Å². The summed E-state index contributed by atoms with van der Waals surface area (Å²) in [5, 5.41) is 3.55. The average Bonchev–Trinajstić information content (AvgIpc) is 2.55. The Balaban J connectivity index is 2.19. The number of hydrogen-bond acceptors (Lipinski definition) is 2. The quantitative estimate of drug-likeness (QED) is 0.777. The highest BCUT2D eigenvalue weighted by atomic mass is 35.5. The molecule has 0 saturated carbocycles. The van der Waals surface area contributed by atoms with Crippen LogP contribution in [0.5, 0.6) is 5.75 Å². The summed E-state index contributed by atoms with van der Waals surface area (Å²) >= 11 is 6.18. The summed E-state index contributed by atoms with van der Waals surface area (Å²) in [6, 6.07) is 11.4. The van der Waals surface area contributed by atoms with E-state index in [2.05, 4.69) is 44.3 Å². The lowest BCUT2D eigenvalue weighted by atomic mass is 9.97. The van der Waals surface area contributed by atoms with E-state index in [0.29, 0.717) is 22.9 Å². The third-order valence-corrected chi connectivity index (χ3v) is 4.30. The molecule has 0 heterocycles. The summed E-state index contributed by atoms with van der Waals surface area (Å²) < 4.78 is 5.41. The molecule has 0 aliphatic rings. The number of aryl methyl sites for hydroxylation is 2. The number of halogens is 1. The second-order valence-electron chi connectivity index (χ2n) is 5.87. The molecule has 2 aromatic carbocycles. The lowest BCUT2D eigenvalue weighted by molar-refractivity contribution is 0.0935. The van der Waals surface area contributed by atoms with Gasteiger partial charge in [0.1, 0.15) is 5.75 Å². The number of amides is 1. The number of carbonyl (C=O) groups is 1. The summed E-state index contributed by atoms with van der Waals surface area (Å²) in [6.07, 6.45) is 0.820. The highest BCUT2D eigenvalue weighted by molar-refractivity contribution is 6.32. The first-order valence-electron chi connectivity index (χ1n) is 8.26. The van der Waals surface area contributed by atoms with Crippen molar-refractivity contribution in [3.8, 4) is 5.75 Å². The van der Waals surface area contributed by atoms with Crippen LogP contribution in [-0.2, 0) is 0 Å². The van der Waals surface area contributed by atoms with Crippen LogP contribution in [0.3, 0.4) is 0 Å². The summed E-state index contributed by atoms with van der Waals surface area (Å²) in [4.78, 5) is 12.6. The van der Waals surface area contributed by atoms with Crippen molar-refractivity contribution >= 4 is 17.5 Å². The molecule has 1 atom stereocenters. The van der Waals surface area contributed by atoms with Crippen LogP contribution in [0.15, 0.2) is 36.4 Å². The Morgan fingerprint density at radius 2 is 1.92 bits per heavy atom. The molecular formula is C20H24ClNO2. The molecule has 1 amide bonds. The Bertz CT molecular complexity index is 728. The number of ether oxygens (including phenoxy) is 1. The van der Waals surface area contributed by atoms with Crippen molar-refractivity contribution < 1.29 is 9.53 Å². The van der Waals surface area contributed by atoms with E-state index < -0.39 is 0 Å². The van der Waals surface area contributed by atoms with Crippen LogP contribution in [0.4, 0.5) is 0 Å². The van der Waals surface area contributed by atoms with Gasteiger partial charge in [-0.3, -0.25) is 4.79 Å². The van der Waals surface area contributed by atoms with Gasteiger partial charge in [0, 0.05) is 5.56 Å². The van der Waals surface area contributed by atoms with Crippen LogP contribution in [0, 0.1) is 13.8 Å². The molecular weight excluding hydrogens is 322 g/mol. The van der Waals surface area contributed by atoms with Gasteiger partial charge in [0.2, 0.25) is 0 Å². The van der Waals surface area contributed by atoms with Gasteiger partial charge in [-0.25, -0.2) is 0 Å². The van der Waals surface area contributed by atoms with E-state index >= 15 is 0 Å². The minimum atomic E-state index is -0.133. The lowest BCUT2D eigenvalue weighted by Crippen LogP contribution is -2.28. The maximum atomic E-state index is 12.6. The highest BCUT2D eigenvalue weighted by Crippen LogP contribution is 2.26. The normalized spacial score (nSPS) is 11.9. The van der Waals surface area contributed by atoms with E-state index in [1.54, 1.807) is 18.2 Å². The first-order valence-corrected chi connectivity index (χ1v) is 8.64. The van der Waals surface area contributed by atoms with Crippen LogP contribution in [-0.4, -0.2) is 12.5 Å². The van der Waals surface area contributed by atoms with Gasteiger partial charge in [0.15, 0.2) is 0 Å². The number of nitrogens with one attached hydrogen (secondary N) is 1. The van der Waals surface area contributed by atoms with Crippen molar-refractivity contribution in [2.75, 3.05) is 6.61 Å². The monoisotopic (exact) mass is 345 g/mol. The molecule has 0 fully saturated rings. The molecule has 2 rings (SSSR count). The first-order chi connectivity index (χ1) is 11.5. The van der Waals surface area contributed by atoms with E-state index in [0.717, 1.165) is 12.0 Å². The second-order valence-corrected chi connectivity index (χ2v) is 6.28. The van der Waals surface area contributed by atoms with Gasteiger partial charge in [-0.1, -0.05) is 42.3 Å². The van der Waals surface area contributed by atoms with Crippen LogP contribution >= 0.6 is 11.6 Å². The van der Waals surface area contributed by atoms with Gasteiger partial charge in [-0.2, -0.15) is 0 Å². The molecule has 0 spiro atoms. The predicted octanol–water partition coefficient (Wildman–Crippen LogP) is 5.24. The maximum absolute atomic E-state index is 12.6. The van der Waals surface area contributed by atoms with Gasteiger partial charge in [0.25, 0.3) is 5.91 Å². The van der Waals surface area contributed by atoms with Crippen molar-refractivity contribution in [1.82, 2.24) is 5.32 Å². The van der Waals surface area contributed by atoms with E-state index in [4.69, 9.17) is 16.3 Å². The zero-order valence-corrected chi connectivity index (χ0v) is 15.4. The van der Waals surface area contributed by atoms with Crippen molar-refractivity contribution in [3.63, 3.8) is 0 Å². The Morgan fingerprint density at radius 3 is 2.50 bits per heavy atom. The largest absolute Gasteiger partial charge is 0.492 e. The molecule has 3 nitrogen and oxygen atoms in total. The highest BCUT2D eigenvalue weighted by Gasteiger charge is 2.17. The van der Waals surface area contributed by atoms with E-state index in [-0.39, 0.29) is 11.9 Å². The van der Waals surface area contributed by atoms with Crippen molar-refractivity contribution in [1.29, 1.82) is 0 Å². The van der Waals surface area contributed by atoms with Crippen LogP contribution in [0.25, 0.3) is 0 Å². The maximum Gasteiger partial charge on any atom is 0.251 e. The fourth-order valence-electron chi connectivity index (χ4n) is 2.77. The molecule has 24 heavy (non-hydrogen) atoms. The number of benzene rings is 2. The fourth-order valence-corrected chi connectivity index (χ4v) is 3.01. The zero-order chi connectivity index (χ0) is 17.7. The van der Waals surface area contributed by atoms with Gasteiger partial charge in [-0.05, 0) is 56.5 Å². The Morgan fingerprint density at radius 1 is 1.17 bits per heavy atom. The molecule has 2 aromatic rings. The van der Waals surface area contributed by atoms with Crippen LogP contribution in [0.1, 0.15) is 53.4 Å². The summed E-state index contributed by atoms with van der Waals surface area (Å²) in [6.45, 7) is 8.64. The summed E-state index contributed by atoms with van der Waals surface area (Å²) in [5.41, 5.74) is 4.09. The van der Waals surface area contributed by atoms with Gasteiger partial charge in [-0.15, -0.1) is 0 Å². The number of hydrogen-bond donors (Lipinski definition) is 1. The molecule has 0 unspecified atom stereocenters. The molecule has 0 aromatic heterocycles. The Kier molecular flexibility index (Phi) is 6.27. The predicted molar refractivity (Wildman–Crippen MR) is 99.0 cm³/mol. The van der Waals surface area contributed by atoms with E-state index in [1.807, 2.05) is 6.92 Å². The zero-order valence-electron chi connectivity index (χ0n) is 14.7. The Hall–Kier alpha value is -2.00. The molecule has 0 aliphatic carbocycles. The molecule has 1 N–H and O–H groups in total. The van der Waals surface area contributed by atoms with Crippen molar-refractivity contribution in [2.45, 2.75) is 40.2 Å². The minimum Gasteiger partial charge on any atom is -0.492 e. The molecule has 4 heteroatoms. The van der Waals surface area contributed by atoms with Gasteiger partial charge >= 0.3 is 0 Å². The van der Waals surface area contributed by atoms with E-state index in [9.17, 15) is 4.79 Å². The average molecular weight is 346 g/mol. The molecule has 128 valence electrons. The minimum absolute atomic E-state index is 0.0246. The fraction of sp³-hybridized carbons (Fsp3) is 0.350. The smallest absolute Gasteiger partial charge is 0.251 e. The van der Waals surface area contributed by atoms with Gasteiger partial charge in [0.05, 0.1) is 17.7 Å². The summed E-state index contributed by atoms with van der Waals surface area (Å²) in [7, 11) is 0.